The Morgan fingerprint density at radius 3 is 2.50 bits per heavy atom. The summed E-state index contributed by atoms with van der Waals surface area (Å²) >= 11 is 1.96. The summed E-state index contributed by atoms with van der Waals surface area (Å²) in [5.74, 6) is 0. The maximum absolute atomic E-state index is 3.48. The van der Waals surface area contributed by atoms with Crippen LogP contribution in [0, 0.1) is 13.8 Å². The van der Waals surface area contributed by atoms with Crippen LogP contribution >= 0.6 is 11.8 Å². The van der Waals surface area contributed by atoms with Gasteiger partial charge in [-0.3, -0.25) is 0 Å². The maximum atomic E-state index is 3.48. The van der Waals surface area contributed by atoms with E-state index in [4.69, 9.17) is 0 Å². The van der Waals surface area contributed by atoms with Crippen molar-refractivity contribution >= 4 is 11.8 Å². The van der Waals surface area contributed by atoms with Crippen LogP contribution in [0.3, 0.4) is 0 Å². The molecular weight excluding hydrogens is 214 g/mol. The first-order chi connectivity index (χ1) is 7.54. The molecule has 0 aliphatic heterocycles. The van der Waals surface area contributed by atoms with Crippen molar-refractivity contribution in [2.75, 3.05) is 6.54 Å². The molecule has 16 heavy (non-hydrogen) atoms. The van der Waals surface area contributed by atoms with Gasteiger partial charge in [-0.25, -0.2) is 0 Å². The molecule has 1 rings (SSSR count). The molecule has 0 amide bonds. The van der Waals surface area contributed by atoms with Crippen LogP contribution in [0.4, 0.5) is 0 Å². The van der Waals surface area contributed by atoms with Gasteiger partial charge in [-0.1, -0.05) is 31.5 Å². The van der Waals surface area contributed by atoms with Crippen molar-refractivity contribution in [3.63, 3.8) is 0 Å². The Morgan fingerprint density at radius 2 is 1.94 bits per heavy atom. The highest BCUT2D eigenvalue weighted by molar-refractivity contribution is 8.00. The molecule has 0 aliphatic rings. The van der Waals surface area contributed by atoms with Crippen LogP contribution in [-0.4, -0.2) is 17.8 Å². The Morgan fingerprint density at radius 1 is 1.25 bits per heavy atom. The lowest BCUT2D eigenvalue weighted by atomic mass is 10.2. The third kappa shape index (κ3) is 3.84. The highest BCUT2D eigenvalue weighted by atomic mass is 32.2. The average molecular weight is 237 g/mol. The van der Waals surface area contributed by atoms with E-state index in [0.717, 1.165) is 6.54 Å². The second-order valence-corrected chi connectivity index (χ2v) is 5.86. The molecule has 0 heterocycles. The molecule has 2 atom stereocenters. The first kappa shape index (κ1) is 13.6. The third-order valence-electron chi connectivity index (χ3n) is 2.87. The minimum Gasteiger partial charge on any atom is -0.313 e. The predicted octanol–water partition coefficient (Wildman–Crippen LogP) is 3.78. The van der Waals surface area contributed by atoms with Gasteiger partial charge in [-0.2, -0.15) is 0 Å². The molecule has 1 aromatic carbocycles. The number of aryl methyl sites for hydroxylation is 2. The van der Waals surface area contributed by atoms with Crippen LogP contribution < -0.4 is 5.32 Å². The number of hydrogen-bond acceptors (Lipinski definition) is 2. The van der Waals surface area contributed by atoms with E-state index in [1.165, 1.54) is 16.0 Å². The zero-order chi connectivity index (χ0) is 12.1. The fourth-order valence-electron chi connectivity index (χ4n) is 1.72. The number of thioether (sulfide) groups is 1. The summed E-state index contributed by atoms with van der Waals surface area (Å²) in [6.45, 7) is 12.1. The van der Waals surface area contributed by atoms with Crippen molar-refractivity contribution in [1.29, 1.82) is 0 Å². The van der Waals surface area contributed by atoms with Crippen molar-refractivity contribution in [1.82, 2.24) is 5.32 Å². The molecule has 2 heteroatoms. The largest absolute Gasteiger partial charge is 0.313 e. The number of benzene rings is 1. The lowest BCUT2D eigenvalue weighted by Crippen LogP contribution is -2.33. The summed E-state index contributed by atoms with van der Waals surface area (Å²) in [6, 6.07) is 7.24. The van der Waals surface area contributed by atoms with Gasteiger partial charge in [-0.05, 0) is 38.9 Å². The van der Waals surface area contributed by atoms with Crippen molar-refractivity contribution < 1.29 is 0 Å². The van der Waals surface area contributed by atoms with E-state index in [0.29, 0.717) is 11.3 Å². The van der Waals surface area contributed by atoms with E-state index in [2.05, 4.69) is 58.1 Å². The standard InChI is InChI=1S/C14H23NS/c1-6-15-12(4)13(5)16-14-8-7-10(2)9-11(14)3/h7-9,12-13,15H,6H2,1-5H3. The minimum atomic E-state index is 0.552. The number of hydrogen-bond donors (Lipinski definition) is 1. The van der Waals surface area contributed by atoms with Crippen LogP contribution in [0.2, 0.25) is 0 Å². The molecule has 0 radical (unpaired) electrons. The summed E-state index contributed by atoms with van der Waals surface area (Å²) in [5, 5.41) is 4.07. The molecule has 2 unspecified atom stereocenters. The Labute approximate surface area is 104 Å². The third-order valence-corrected chi connectivity index (χ3v) is 4.37. The highest BCUT2D eigenvalue weighted by Gasteiger charge is 2.13. The molecule has 1 aromatic rings. The Hall–Kier alpha value is -0.470. The van der Waals surface area contributed by atoms with Gasteiger partial charge in [0.05, 0.1) is 0 Å². The molecule has 1 nitrogen and oxygen atoms in total. The first-order valence-corrected chi connectivity index (χ1v) is 6.89. The number of rotatable bonds is 5. The van der Waals surface area contributed by atoms with Crippen LogP contribution in [0.1, 0.15) is 31.9 Å². The minimum absolute atomic E-state index is 0.552. The highest BCUT2D eigenvalue weighted by Crippen LogP contribution is 2.28. The van der Waals surface area contributed by atoms with Gasteiger partial charge in [0.15, 0.2) is 0 Å². The zero-order valence-electron chi connectivity index (χ0n) is 11.0. The molecule has 0 aliphatic carbocycles. The second kappa shape index (κ2) is 6.31. The summed E-state index contributed by atoms with van der Waals surface area (Å²) < 4.78 is 0. The van der Waals surface area contributed by atoms with Gasteiger partial charge in [0, 0.05) is 16.2 Å². The van der Waals surface area contributed by atoms with Crippen molar-refractivity contribution in [3.8, 4) is 0 Å². The fourth-order valence-corrected chi connectivity index (χ4v) is 2.81. The van der Waals surface area contributed by atoms with E-state index < -0.39 is 0 Å². The molecule has 1 N–H and O–H groups in total. The van der Waals surface area contributed by atoms with E-state index >= 15 is 0 Å². The summed E-state index contributed by atoms with van der Waals surface area (Å²) in [4.78, 5) is 1.41. The second-order valence-electron chi connectivity index (χ2n) is 4.44. The molecule has 90 valence electrons. The number of nitrogens with one attached hydrogen (secondary N) is 1. The maximum Gasteiger partial charge on any atom is 0.0217 e. The topological polar surface area (TPSA) is 12.0 Å². The molecule has 0 aromatic heterocycles. The molecule has 0 bridgehead atoms. The molecule has 0 fully saturated rings. The van der Waals surface area contributed by atoms with E-state index in [-0.39, 0.29) is 0 Å². The van der Waals surface area contributed by atoms with E-state index in [1.807, 2.05) is 11.8 Å². The quantitative estimate of drug-likeness (QED) is 0.782. The average Bonchev–Trinajstić information content (AvgIpc) is 2.22. The normalized spacial score (nSPS) is 14.8. The summed E-state index contributed by atoms with van der Waals surface area (Å²) in [6.07, 6.45) is 0. The van der Waals surface area contributed by atoms with Crippen LogP contribution in [0.5, 0.6) is 0 Å². The first-order valence-electron chi connectivity index (χ1n) is 6.02. The zero-order valence-corrected chi connectivity index (χ0v) is 11.8. The van der Waals surface area contributed by atoms with Crippen LogP contribution in [0.25, 0.3) is 0 Å². The van der Waals surface area contributed by atoms with Gasteiger partial charge in [0.2, 0.25) is 0 Å². The van der Waals surface area contributed by atoms with Crippen LogP contribution in [0.15, 0.2) is 23.1 Å². The van der Waals surface area contributed by atoms with Crippen molar-refractivity contribution in [2.45, 2.75) is 50.8 Å². The Balaban J connectivity index is 2.65. The molecule has 0 spiro atoms. The molecule has 0 saturated heterocycles. The Kier molecular flexibility index (Phi) is 5.36. The van der Waals surface area contributed by atoms with Crippen molar-refractivity contribution in [2.24, 2.45) is 0 Å². The monoisotopic (exact) mass is 237 g/mol. The van der Waals surface area contributed by atoms with E-state index in [1.54, 1.807) is 0 Å². The predicted molar refractivity (Wildman–Crippen MR) is 74.4 cm³/mol. The lowest BCUT2D eigenvalue weighted by molar-refractivity contribution is 0.563. The molecule has 0 saturated carbocycles. The van der Waals surface area contributed by atoms with Gasteiger partial charge in [0.25, 0.3) is 0 Å². The van der Waals surface area contributed by atoms with Crippen LogP contribution in [-0.2, 0) is 0 Å². The smallest absolute Gasteiger partial charge is 0.0217 e. The SMILES string of the molecule is CCNC(C)C(C)Sc1ccc(C)cc1C. The fraction of sp³-hybridized carbons (Fsp3) is 0.571. The van der Waals surface area contributed by atoms with E-state index in [9.17, 15) is 0 Å². The van der Waals surface area contributed by atoms with Crippen molar-refractivity contribution in [3.05, 3.63) is 29.3 Å². The van der Waals surface area contributed by atoms with Gasteiger partial charge in [0.1, 0.15) is 0 Å². The van der Waals surface area contributed by atoms with Gasteiger partial charge < -0.3 is 5.32 Å². The summed E-state index contributed by atoms with van der Waals surface area (Å²) in [5.41, 5.74) is 2.73. The summed E-state index contributed by atoms with van der Waals surface area (Å²) in [7, 11) is 0. The van der Waals surface area contributed by atoms with Gasteiger partial charge >= 0.3 is 0 Å². The lowest BCUT2D eigenvalue weighted by Gasteiger charge is -2.21. The Bertz CT molecular complexity index is 336. The molecular formula is C14H23NS. The van der Waals surface area contributed by atoms with Gasteiger partial charge in [-0.15, -0.1) is 11.8 Å².